The Morgan fingerprint density at radius 1 is 1.33 bits per heavy atom. The van der Waals surface area contributed by atoms with Crippen molar-refractivity contribution in [3.05, 3.63) is 45.1 Å². The number of rotatable bonds is 4. The molecule has 0 saturated heterocycles. The summed E-state index contributed by atoms with van der Waals surface area (Å²) in [5, 5.41) is 3.01. The first kappa shape index (κ1) is 15.4. The van der Waals surface area contributed by atoms with Gasteiger partial charge in [0, 0.05) is 15.3 Å². The number of hydrogen-bond donors (Lipinski definition) is 2. The number of hydrogen-bond acceptors (Lipinski definition) is 4. The first-order valence-corrected chi connectivity index (χ1v) is 7.55. The highest BCUT2D eigenvalue weighted by Crippen LogP contribution is 2.27. The molecule has 4 nitrogen and oxygen atoms in total. The van der Waals surface area contributed by atoms with Crippen LogP contribution in [0.25, 0.3) is 0 Å². The highest BCUT2D eigenvalue weighted by atomic mass is 32.1. The Kier molecular flexibility index (Phi) is 4.53. The van der Waals surface area contributed by atoms with E-state index in [9.17, 15) is 4.79 Å². The van der Waals surface area contributed by atoms with E-state index in [0.717, 1.165) is 5.56 Å². The maximum absolute atomic E-state index is 12.3. The van der Waals surface area contributed by atoms with Crippen molar-refractivity contribution in [3.63, 3.8) is 0 Å². The van der Waals surface area contributed by atoms with Gasteiger partial charge in [-0.1, -0.05) is 0 Å². The molecule has 1 aromatic carbocycles. The Hall–Kier alpha value is -2.01. The number of anilines is 1. The van der Waals surface area contributed by atoms with Crippen LogP contribution in [0.2, 0.25) is 0 Å². The normalized spacial score (nSPS) is 12.0. The second kappa shape index (κ2) is 6.18. The quantitative estimate of drug-likeness (QED) is 0.850. The van der Waals surface area contributed by atoms with Crippen LogP contribution in [0.3, 0.4) is 0 Å². The van der Waals surface area contributed by atoms with Crippen LogP contribution in [0.5, 0.6) is 5.75 Å². The summed E-state index contributed by atoms with van der Waals surface area (Å²) in [6, 6.07) is 7.12. The third kappa shape index (κ3) is 3.36. The fraction of sp³-hybridized carbons (Fsp3) is 0.312. The van der Waals surface area contributed by atoms with Gasteiger partial charge in [-0.05, 0) is 50.6 Å². The lowest BCUT2D eigenvalue weighted by atomic mass is 10.1. The minimum atomic E-state index is -0.135. The molecule has 0 aliphatic carbocycles. The third-order valence-corrected chi connectivity index (χ3v) is 4.37. The van der Waals surface area contributed by atoms with Crippen molar-refractivity contribution >= 4 is 22.9 Å². The molecule has 1 amide bonds. The van der Waals surface area contributed by atoms with Gasteiger partial charge in [0.05, 0.1) is 18.8 Å². The Morgan fingerprint density at radius 3 is 2.62 bits per heavy atom. The van der Waals surface area contributed by atoms with E-state index in [1.807, 2.05) is 6.92 Å². The van der Waals surface area contributed by atoms with Crippen molar-refractivity contribution in [2.45, 2.75) is 26.8 Å². The monoisotopic (exact) mass is 304 g/mol. The zero-order valence-electron chi connectivity index (χ0n) is 12.7. The lowest BCUT2D eigenvalue weighted by molar-refractivity contribution is 0.0939. The highest BCUT2D eigenvalue weighted by molar-refractivity contribution is 7.12. The second-order valence-corrected chi connectivity index (χ2v) is 6.48. The summed E-state index contributed by atoms with van der Waals surface area (Å²) >= 11 is 1.74. The van der Waals surface area contributed by atoms with Crippen LogP contribution in [0, 0.1) is 13.8 Å². The number of nitrogens with one attached hydrogen (secondary N) is 1. The summed E-state index contributed by atoms with van der Waals surface area (Å²) < 4.78 is 5.14. The molecule has 1 atom stereocenters. The van der Waals surface area contributed by atoms with Crippen molar-refractivity contribution in [2.75, 3.05) is 12.8 Å². The van der Waals surface area contributed by atoms with Gasteiger partial charge in [0.25, 0.3) is 5.91 Å². The summed E-state index contributed by atoms with van der Waals surface area (Å²) in [4.78, 5) is 14.8. The third-order valence-electron chi connectivity index (χ3n) is 3.39. The molecule has 1 aromatic heterocycles. The zero-order chi connectivity index (χ0) is 15.6. The summed E-state index contributed by atoms with van der Waals surface area (Å²) in [5.74, 6) is 0.377. The van der Waals surface area contributed by atoms with Gasteiger partial charge in [0.2, 0.25) is 0 Å². The molecule has 0 radical (unpaired) electrons. The van der Waals surface area contributed by atoms with Gasteiger partial charge in [-0.3, -0.25) is 4.79 Å². The Bertz CT molecular complexity index is 664. The molecule has 21 heavy (non-hydrogen) atoms. The molecule has 1 heterocycles. The molecule has 0 saturated carbocycles. The Morgan fingerprint density at radius 2 is 2.05 bits per heavy atom. The van der Waals surface area contributed by atoms with E-state index in [2.05, 4.69) is 25.2 Å². The number of thiophene rings is 1. The summed E-state index contributed by atoms with van der Waals surface area (Å²) in [5.41, 5.74) is 7.98. The van der Waals surface area contributed by atoms with Gasteiger partial charge in [0.1, 0.15) is 5.75 Å². The van der Waals surface area contributed by atoms with Crippen molar-refractivity contribution in [2.24, 2.45) is 0 Å². The lowest BCUT2D eigenvalue weighted by Crippen LogP contribution is -2.26. The van der Waals surface area contributed by atoms with Gasteiger partial charge >= 0.3 is 0 Å². The van der Waals surface area contributed by atoms with Crippen molar-refractivity contribution < 1.29 is 9.53 Å². The number of carbonyl (C=O) groups excluding carboxylic acids is 1. The minimum absolute atomic E-state index is 0.0361. The lowest BCUT2D eigenvalue weighted by Gasteiger charge is -2.15. The van der Waals surface area contributed by atoms with Crippen molar-refractivity contribution in [3.8, 4) is 5.75 Å². The number of aryl methyl sites for hydroxylation is 2. The fourth-order valence-electron chi connectivity index (χ4n) is 2.29. The number of amides is 1. The van der Waals surface area contributed by atoms with Crippen LogP contribution in [0.4, 0.5) is 5.69 Å². The number of benzene rings is 1. The molecule has 1 unspecified atom stereocenters. The number of nitrogens with two attached hydrogens (primary N) is 1. The van der Waals surface area contributed by atoms with E-state index in [1.165, 1.54) is 16.9 Å². The predicted molar refractivity (Wildman–Crippen MR) is 87.1 cm³/mol. The molecular formula is C16H20N2O2S. The largest absolute Gasteiger partial charge is 0.495 e. The number of ether oxygens (including phenoxy) is 1. The molecule has 0 bridgehead atoms. The van der Waals surface area contributed by atoms with E-state index < -0.39 is 0 Å². The second-order valence-electron chi connectivity index (χ2n) is 5.02. The van der Waals surface area contributed by atoms with Crippen LogP contribution in [0.15, 0.2) is 24.3 Å². The van der Waals surface area contributed by atoms with Crippen LogP contribution >= 0.6 is 11.3 Å². The number of methoxy groups -OCH3 is 1. The topological polar surface area (TPSA) is 64.3 Å². The number of nitrogen functional groups attached to an aromatic ring is 1. The van der Waals surface area contributed by atoms with Crippen LogP contribution in [0.1, 0.15) is 38.6 Å². The Labute approximate surface area is 128 Å². The molecule has 112 valence electrons. The summed E-state index contributed by atoms with van der Waals surface area (Å²) in [6.07, 6.45) is 0. The smallest absolute Gasteiger partial charge is 0.251 e. The van der Waals surface area contributed by atoms with Crippen LogP contribution in [-0.4, -0.2) is 13.0 Å². The van der Waals surface area contributed by atoms with Crippen LogP contribution < -0.4 is 15.8 Å². The van der Waals surface area contributed by atoms with Gasteiger partial charge in [0.15, 0.2) is 0 Å². The maximum atomic E-state index is 12.3. The molecular weight excluding hydrogens is 284 g/mol. The first-order chi connectivity index (χ1) is 9.92. The van der Waals surface area contributed by atoms with Gasteiger partial charge < -0.3 is 15.8 Å². The standard InChI is InChI=1S/C16H20N2O2S/c1-9-7-13(11(3)21-9)10(2)18-16(19)12-5-6-14(17)15(8-12)20-4/h5-8,10H,17H2,1-4H3,(H,18,19). The molecule has 0 spiro atoms. The predicted octanol–water partition coefficient (Wildman–Crippen LogP) is 3.45. The average Bonchev–Trinajstić information content (AvgIpc) is 2.78. The zero-order valence-corrected chi connectivity index (χ0v) is 13.5. The maximum Gasteiger partial charge on any atom is 0.251 e. The molecule has 5 heteroatoms. The minimum Gasteiger partial charge on any atom is -0.495 e. The van der Waals surface area contributed by atoms with E-state index in [1.54, 1.807) is 29.5 Å². The fourth-order valence-corrected chi connectivity index (χ4v) is 3.31. The first-order valence-electron chi connectivity index (χ1n) is 6.73. The van der Waals surface area contributed by atoms with E-state index >= 15 is 0 Å². The van der Waals surface area contributed by atoms with Crippen molar-refractivity contribution in [1.29, 1.82) is 0 Å². The van der Waals surface area contributed by atoms with E-state index in [-0.39, 0.29) is 11.9 Å². The van der Waals surface area contributed by atoms with E-state index in [4.69, 9.17) is 10.5 Å². The molecule has 0 aliphatic rings. The van der Waals surface area contributed by atoms with E-state index in [0.29, 0.717) is 17.0 Å². The SMILES string of the molecule is COc1cc(C(=O)NC(C)c2cc(C)sc2C)ccc1N. The van der Waals surface area contributed by atoms with Crippen LogP contribution in [-0.2, 0) is 0 Å². The summed E-state index contributed by atoms with van der Waals surface area (Å²) in [7, 11) is 1.54. The Balaban J connectivity index is 2.16. The van der Waals surface area contributed by atoms with Gasteiger partial charge in [-0.15, -0.1) is 11.3 Å². The molecule has 2 aromatic rings. The summed E-state index contributed by atoms with van der Waals surface area (Å²) in [6.45, 7) is 6.13. The van der Waals surface area contributed by atoms with Gasteiger partial charge in [-0.2, -0.15) is 0 Å². The average molecular weight is 304 g/mol. The molecule has 0 aliphatic heterocycles. The molecule has 2 rings (SSSR count). The van der Waals surface area contributed by atoms with Crippen molar-refractivity contribution in [1.82, 2.24) is 5.32 Å². The number of carbonyl (C=O) groups is 1. The molecule has 3 N–H and O–H groups in total. The molecule has 0 fully saturated rings. The van der Waals surface area contributed by atoms with Gasteiger partial charge in [-0.25, -0.2) is 0 Å². The highest BCUT2D eigenvalue weighted by Gasteiger charge is 2.16.